The van der Waals surface area contributed by atoms with E-state index in [0.29, 0.717) is 0 Å². The lowest BCUT2D eigenvalue weighted by Gasteiger charge is -2.14. The summed E-state index contributed by atoms with van der Waals surface area (Å²) < 4.78 is 0. The second kappa shape index (κ2) is 6.55. The second-order valence-corrected chi connectivity index (χ2v) is 5.05. The van der Waals surface area contributed by atoms with Gasteiger partial charge >= 0.3 is 5.97 Å². The molecule has 0 radical (unpaired) electrons. The number of aryl methyl sites for hydroxylation is 1. The zero-order valence-electron chi connectivity index (χ0n) is 10.8. The third-order valence-corrected chi connectivity index (χ3v) is 3.48. The summed E-state index contributed by atoms with van der Waals surface area (Å²) in [5.74, 6) is -0.708. The van der Waals surface area contributed by atoms with Crippen LogP contribution in [-0.4, -0.2) is 29.1 Å². The van der Waals surface area contributed by atoms with Crippen molar-refractivity contribution in [3.63, 3.8) is 0 Å². The van der Waals surface area contributed by atoms with Crippen molar-refractivity contribution >= 4 is 5.97 Å². The highest BCUT2D eigenvalue weighted by Gasteiger charge is 2.11. The van der Waals surface area contributed by atoms with Crippen LogP contribution < -0.4 is 0 Å². The van der Waals surface area contributed by atoms with E-state index in [1.165, 1.54) is 37.1 Å². The van der Waals surface area contributed by atoms with Crippen LogP contribution in [0.1, 0.15) is 36.8 Å². The summed E-state index contributed by atoms with van der Waals surface area (Å²) in [7, 11) is 0. The highest BCUT2D eigenvalue weighted by Crippen LogP contribution is 2.14. The summed E-state index contributed by atoms with van der Waals surface area (Å²) in [5.41, 5.74) is 2.60. The minimum atomic E-state index is -0.708. The second-order valence-electron chi connectivity index (χ2n) is 5.05. The Morgan fingerprint density at radius 1 is 1.11 bits per heavy atom. The molecular formula is C15H21NO2. The molecular weight excluding hydrogens is 226 g/mol. The van der Waals surface area contributed by atoms with Gasteiger partial charge in [-0.15, -0.1) is 0 Å². The van der Waals surface area contributed by atoms with Crippen LogP contribution in [0.2, 0.25) is 0 Å². The van der Waals surface area contributed by atoms with Gasteiger partial charge < -0.3 is 5.11 Å². The van der Waals surface area contributed by atoms with Gasteiger partial charge in [0.25, 0.3) is 0 Å². The number of aliphatic carboxylic acids is 1. The van der Waals surface area contributed by atoms with Crippen molar-refractivity contribution in [2.45, 2.75) is 38.6 Å². The molecule has 0 unspecified atom stereocenters. The smallest absolute Gasteiger partial charge is 0.303 e. The molecule has 0 atom stereocenters. The summed E-state index contributed by atoms with van der Waals surface area (Å²) in [6.45, 7) is 3.50. The molecule has 1 aromatic rings. The summed E-state index contributed by atoms with van der Waals surface area (Å²) in [6.07, 6.45) is 4.49. The van der Waals surface area contributed by atoms with E-state index in [4.69, 9.17) is 5.11 Å². The zero-order chi connectivity index (χ0) is 12.8. The normalized spacial score (nSPS) is 16.0. The minimum Gasteiger partial charge on any atom is -0.481 e. The average Bonchev–Trinajstić information content (AvgIpc) is 2.84. The number of carboxylic acid groups (broad SMARTS) is 1. The molecule has 0 aromatic heterocycles. The molecule has 0 amide bonds. The van der Waals surface area contributed by atoms with Gasteiger partial charge in [-0.05, 0) is 49.9 Å². The molecule has 1 saturated heterocycles. The predicted octanol–water partition coefficient (Wildman–Crippen LogP) is 2.69. The number of likely N-dealkylation sites (tertiary alicyclic amines) is 1. The third-order valence-electron chi connectivity index (χ3n) is 3.48. The van der Waals surface area contributed by atoms with Crippen LogP contribution in [0, 0.1) is 0 Å². The Kier molecular flexibility index (Phi) is 4.76. The number of benzene rings is 1. The van der Waals surface area contributed by atoms with Gasteiger partial charge in [0.05, 0.1) is 0 Å². The first kappa shape index (κ1) is 13.1. The first-order valence-electron chi connectivity index (χ1n) is 6.76. The maximum Gasteiger partial charge on any atom is 0.303 e. The van der Waals surface area contributed by atoms with Gasteiger partial charge in [-0.25, -0.2) is 0 Å². The molecule has 0 aliphatic carbocycles. The molecule has 3 heteroatoms. The van der Waals surface area contributed by atoms with Crippen LogP contribution in [0.4, 0.5) is 0 Å². The number of hydrogen-bond donors (Lipinski definition) is 1. The van der Waals surface area contributed by atoms with E-state index in [-0.39, 0.29) is 6.42 Å². The molecule has 18 heavy (non-hydrogen) atoms. The summed E-state index contributed by atoms with van der Waals surface area (Å²) in [5, 5.41) is 8.59. The van der Waals surface area contributed by atoms with E-state index in [0.717, 1.165) is 19.4 Å². The van der Waals surface area contributed by atoms with Crippen LogP contribution in [0.25, 0.3) is 0 Å². The Balaban J connectivity index is 1.79. The van der Waals surface area contributed by atoms with E-state index < -0.39 is 5.97 Å². The molecule has 1 heterocycles. The molecule has 1 aliphatic rings. The van der Waals surface area contributed by atoms with E-state index >= 15 is 0 Å². The van der Waals surface area contributed by atoms with Gasteiger partial charge in [0.15, 0.2) is 0 Å². The van der Waals surface area contributed by atoms with Crippen LogP contribution in [0.5, 0.6) is 0 Å². The molecule has 1 N–H and O–H groups in total. The third kappa shape index (κ3) is 4.15. The Labute approximate surface area is 108 Å². The number of nitrogens with zero attached hydrogens (tertiary/aromatic N) is 1. The van der Waals surface area contributed by atoms with Crippen molar-refractivity contribution in [1.29, 1.82) is 0 Å². The Morgan fingerprint density at radius 3 is 2.33 bits per heavy atom. The largest absolute Gasteiger partial charge is 0.481 e. The van der Waals surface area contributed by atoms with E-state index in [1.807, 2.05) is 0 Å². The van der Waals surface area contributed by atoms with Crippen molar-refractivity contribution in [2.24, 2.45) is 0 Å². The molecule has 0 bridgehead atoms. The minimum absolute atomic E-state index is 0.259. The number of carbonyl (C=O) groups is 1. The standard InChI is InChI=1S/C15H21NO2/c17-15(18)5-3-4-13-6-8-14(9-7-13)12-16-10-1-2-11-16/h6-9H,1-5,10-12H2,(H,17,18). The SMILES string of the molecule is O=C(O)CCCc1ccc(CN2CCCC2)cc1. The molecule has 1 aliphatic heterocycles. The molecule has 2 rings (SSSR count). The Morgan fingerprint density at radius 2 is 1.72 bits per heavy atom. The van der Waals surface area contributed by atoms with Crippen LogP contribution in [0.15, 0.2) is 24.3 Å². The van der Waals surface area contributed by atoms with Gasteiger partial charge in [0.1, 0.15) is 0 Å². The Bertz CT molecular complexity index is 380. The van der Waals surface area contributed by atoms with Gasteiger partial charge in [-0.1, -0.05) is 24.3 Å². The first-order valence-corrected chi connectivity index (χ1v) is 6.76. The average molecular weight is 247 g/mol. The molecule has 0 spiro atoms. The molecule has 3 nitrogen and oxygen atoms in total. The monoisotopic (exact) mass is 247 g/mol. The molecule has 0 saturated carbocycles. The van der Waals surface area contributed by atoms with Gasteiger partial charge in [-0.3, -0.25) is 9.69 Å². The van der Waals surface area contributed by atoms with Crippen LogP contribution >= 0.6 is 0 Å². The van der Waals surface area contributed by atoms with E-state index in [1.54, 1.807) is 0 Å². The maximum absolute atomic E-state index is 10.4. The lowest BCUT2D eigenvalue weighted by molar-refractivity contribution is -0.137. The van der Waals surface area contributed by atoms with Crippen molar-refractivity contribution < 1.29 is 9.90 Å². The van der Waals surface area contributed by atoms with Crippen LogP contribution in [0.3, 0.4) is 0 Å². The van der Waals surface area contributed by atoms with Gasteiger partial charge in [0.2, 0.25) is 0 Å². The molecule has 1 aromatic carbocycles. The van der Waals surface area contributed by atoms with Crippen molar-refractivity contribution in [1.82, 2.24) is 4.90 Å². The van der Waals surface area contributed by atoms with E-state index in [9.17, 15) is 4.79 Å². The van der Waals surface area contributed by atoms with Crippen molar-refractivity contribution in [3.8, 4) is 0 Å². The van der Waals surface area contributed by atoms with E-state index in [2.05, 4.69) is 29.2 Å². The topological polar surface area (TPSA) is 40.5 Å². The quantitative estimate of drug-likeness (QED) is 0.840. The lowest BCUT2D eigenvalue weighted by atomic mass is 10.1. The molecule has 98 valence electrons. The van der Waals surface area contributed by atoms with Crippen molar-refractivity contribution in [3.05, 3.63) is 35.4 Å². The fourth-order valence-electron chi connectivity index (χ4n) is 2.45. The summed E-state index contributed by atoms with van der Waals surface area (Å²) >= 11 is 0. The highest BCUT2D eigenvalue weighted by molar-refractivity contribution is 5.66. The van der Waals surface area contributed by atoms with Gasteiger partial charge in [0, 0.05) is 13.0 Å². The fraction of sp³-hybridized carbons (Fsp3) is 0.533. The predicted molar refractivity (Wildman–Crippen MR) is 71.5 cm³/mol. The fourth-order valence-corrected chi connectivity index (χ4v) is 2.45. The summed E-state index contributed by atoms with van der Waals surface area (Å²) in [6, 6.07) is 8.61. The summed E-state index contributed by atoms with van der Waals surface area (Å²) in [4.78, 5) is 12.9. The maximum atomic E-state index is 10.4. The number of rotatable bonds is 6. The first-order chi connectivity index (χ1) is 8.74. The lowest BCUT2D eigenvalue weighted by Crippen LogP contribution is -2.18. The zero-order valence-corrected chi connectivity index (χ0v) is 10.8. The Hall–Kier alpha value is -1.35. The van der Waals surface area contributed by atoms with Crippen LogP contribution in [-0.2, 0) is 17.8 Å². The van der Waals surface area contributed by atoms with Gasteiger partial charge in [-0.2, -0.15) is 0 Å². The van der Waals surface area contributed by atoms with Crippen molar-refractivity contribution in [2.75, 3.05) is 13.1 Å². The number of carboxylic acids is 1. The molecule has 1 fully saturated rings. The highest BCUT2D eigenvalue weighted by atomic mass is 16.4. The number of hydrogen-bond acceptors (Lipinski definition) is 2.